The van der Waals surface area contributed by atoms with Crippen LogP contribution in [-0.2, 0) is 0 Å². The van der Waals surface area contributed by atoms with Crippen molar-refractivity contribution in [3.8, 4) is 0 Å². The van der Waals surface area contributed by atoms with Crippen LogP contribution >= 0.6 is 0 Å². The molecule has 23 heavy (non-hydrogen) atoms. The van der Waals surface area contributed by atoms with E-state index in [1.165, 1.54) is 24.3 Å². The molecule has 0 unspecified atom stereocenters. The monoisotopic (exact) mass is 306 g/mol. The fourth-order valence-electron chi connectivity index (χ4n) is 2.62. The second-order valence-corrected chi connectivity index (χ2v) is 5.21. The van der Waals surface area contributed by atoms with E-state index in [2.05, 4.69) is 6.58 Å². The minimum absolute atomic E-state index is 0.186. The minimum atomic E-state index is -0.438. The molecule has 3 rings (SSSR count). The van der Waals surface area contributed by atoms with Crippen LogP contribution in [0.3, 0.4) is 0 Å². The molecular formula is C18H14N2O3. The van der Waals surface area contributed by atoms with Crippen molar-refractivity contribution < 1.29 is 14.4 Å². The Morgan fingerprint density at radius 2 is 1.57 bits per heavy atom. The maximum Gasteiger partial charge on any atom is 0.268 e. The Morgan fingerprint density at radius 3 is 2.17 bits per heavy atom. The Hall–Kier alpha value is -3.05. The summed E-state index contributed by atoms with van der Waals surface area (Å²) in [5.74, 6) is 4.71. The molecule has 2 aromatic carbocycles. The number of carbonyl (C=O) groups is 3. The number of nitrogens with zero attached hydrogens (tertiary/aromatic N) is 1. The summed E-state index contributed by atoms with van der Waals surface area (Å²) in [6.45, 7) is 3.71. The van der Waals surface area contributed by atoms with Gasteiger partial charge in [0.2, 0.25) is 0 Å². The van der Waals surface area contributed by atoms with E-state index in [0.717, 1.165) is 5.01 Å². The number of hydrazine groups is 1. The fourth-order valence-corrected chi connectivity index (χ4v) is 2.62. The first-order valence-electron chi connectivity index (χ1n) is 7.04. The highest BCUT2D eigenvalue weighted by molar-refractivity contribution is 6.28. The van der Waals surface area contributed by atoms with Crippen LogP contribution in [0, 0.1) is 0 Å². The van der Waals surface area contributed by atoms with Gasteiger partial charge in [-0.15, -0.1) is 6.58 Å². The number of fused-ring (bicyclic) bond motifs is 2. The zero-order valence-corrected chi connectivity index (χ0v) is 12.3. The largest absolute Gasteiger partial charge is 0.289 e. The predicted molar refractivity (Wildman–Crippen MR) is 85.2 cm³/mol. The predicted octanol–water partition coefficient (Wildman–Crippen LogP) is 1.96. The van der Waals surface area contributed by atoms with E-state index < -0.39 is 5.91 Å². The Morgan fingerprint density at radius 1 is 1.00 bits per heavy atom. The number of amides is 1. The molecule has 0 saturated carbocycles. The highest BCUT2D eigenvalue weighted by atomic mass is 16.2. The van der Waals surface area contributed by atoms with Crippen molar-refractivity contribution >= 4 is 17.5 Å². The summed E-state index contributed by atoms with van der Waals surface area (Å²) < 4.78 is 0. The van der Waals surface area contributed by atoms with Crippen molar-refractivity contribution in [1.29, 1.82) is 0 Å². The molecule has 2 N–H and O–H groups in total. The van der Waals surface area contributed by atoms with Gasteiger partial charge in [-0.25, -0.2) is 5.84 Å². The third-order valence-corrected chi connectivity index (χ3v) is 3.76. The van der Waals surface area contributed by atoms with Gasteiger partial charge < -0.3 is 0 Å². The third-order valence-electron chi connectivity index (χ3n) is 3.76. The van der Waals surface area contributed by atoms with Gasteiger partial charge >= 0.3 is 0 Å². The molecule has 2 aromatic rings. The Bertz CT molecular complexity index is 855. The first kappa shape index (κ1) is 14.9. The molecule has 0 radical (unpaired) electrons. The molecule has 0 heterocycles. The van der Waals surface area contributed by atoms with Gasteiger partial charge in [-0.3, -0.25) is 19.4 Å². The molecule has 0 fully saturated rings. The maximum absolute atomic E-state index is 12.6. The molecule has 114 valence electrons. The molecule has 5 heteroatoms. The highest BCUT2D eigenvalue weighted by Crippen LogP contribution is 2.28. The molecule has 0 spiro atoms. The number of ketones is 2. The van der Waals surface area contributed by atoms with Gasteiger partial charge in [-0.2, -0.15) is 0 Å². The summed E-state index contributed by atoms with van der Waals surface area (Å²) >= 11 is 0. The summed E-state index contributed by atoms with van der Waals surface area (Å²) in [5, 5.41) is 0.998. The van der Waals surface area contributed by atoms with Crippen LogP contribution in [-0.4, -0.2) is 29.0 Å². The van der Waals surface area contributed by atoms with Gasteiger partial charge in [-0.05, 0) is 18.2 Å². The molecule has 1 aliphatic carbocycles. The number of rotatable bonds is 3. The number of carbonyl (C=O) groups excluding carboxylic acids is 3. The number of hydrogen-bond donors (Lipinski definition) is 1. The Kier molecular flexibility index (Phi) is 3.64. The van der Waals surface area contributed by atoms with Crippen LogP contribution in [0.25, 0.3) is 0 Å². The molecule has 5 nitrogen and oxygen atoms in total. The average Bonchev–Trinajstić information content (AvgIpc) is 2.58. The van der Waals surface area contributed by atoms with Crippen LogP contribution in [0.15, 0.2) is 55.1 Å². The van der Waals surface area contributed by atoms with Crippen molar-refractivity contribution in [2.75, 3.05) is 6.54 Å². The number of benzene rings is 2. The maximum atomic E-state index is 12.6. The molecule has 1 amide bonds. The number of nitrogens with two attached hydrogens (primary N) is 1. The van der Waals surface area contributed by atoms with Crippen molar-refractivity contribution in [1.82, 2.24) is 5.01 Å². The van der Waals surface area contributed by atoms with Crippen molar-refractivity contribution in [2.24, 2.45) is 5.84 Å². The molecule has 1 aliphatic rings. The average molecular weight is 306 g/mol. The molecule has 0 saturated heterocycles. The summed E-state index contributed by atoms with van der Waals surface area (Å²) in [6, 6.07) is 11.1. The van der Waals surface area contributed by atoms with E-state index in [0.29, 0.717) is 16.7 Å². The second-order valence-electron chi connectivity index (χ2n) is 5.21. The van der Waals surface area contributed by atoms with Gasteiger partial charge in [0.25, 0.3) is 5.91 Å². The van der Waals surface area contributed by atoms with E-state index in [9.17, 15) is 14.4 Å². The summed E-state index contributed by atoms with van der Waals surface area (Å²) in [4.78, 5) is 37.3. The van der Waals surface area contributed by atoms with Crippen LogP contribution < -0.4 is 5.84 Å². The Balaban J connectivity index is 2.07. The fraction of sp³-hybridized carbons (Fsp3) is 0.0556. The topological polar surface area (TPSA) is 80.5 Å². The molecule has 0 aliphatic heterocycles. The normalized spacial score (nSPS) is 12.4. The molecule has 0 bridgehead atoms. The van der Waals surface area contributed by atoms with Crippen LogP contribution in [0.2, 0.25) is 0 Å². The quantitative estimate of drug-likeness (QED) is 0.347. The third kappa shape index (κ3) is 2.37. The van der Waals surface area contributed by atoms with E-state index in [-0.39, 0.29) is 29.2 Å². The lowest BCUT2D eigenvalue weighted by Crippen LogP contribution is -2.37. The van der Waals surface area contributed by atoms with Crippen LogP contribution in [0.1, 0.15) is 42.2 Å². The van der Waals surface area contributed by atoms with Crippen molar-refractivity contribution in [3.63, 3.8) is 0 Å². The summed E-state index contributed by atoms with van der Waals surface area (Å²) in [5.41, 5.74) is 1.53. The van der Waals surface area contributed by atoms with E-state index in [1.54, 1.807) is 24.3 Å². The highest BCUT2D eigenvalue weighted by Gasteiger charge is 2.30. The second kappa shape index (κ2) is 5.62. The lowest BCUT2D eigenvalue weighted by atomic mass is 9.83. The van der Waals surface area contributed by atoms with Crippen LogP contribution in [0.4, 0.5) is 0 Å². The number of hydrogen-bond acceptors (Lipinski definition) is 4. The van der Waals surface area contributed by atoms with Gasteiger partial charge in [-0.1, -0.05) is 30.3 Å². The summed E-state index contributed by atoms with van der Waals surface area (Å²) in [7, 11) is 0. The smallest absolute Gasteiger partial charge is 0.268 e. The summed E-state index contributed by atoms with van der Waals surface area (Å²) in [6.07, 6.45) is 1.50. The van der Waals surface area contributed by atoms with E-state index in [1.807, 2.05) is 0 Å². The van der Waals surface area contributed by atoms with Gasteiger partial charge in [0.05, 0.1) is 6.54 Å². The first-order chi connectivity index (χ1) is 11.0. The molecule has 0 aromatic heterocycles. The lowest BCUT2D eigenvalue weighted by molar-refractivity contribution is 0.0773. The zero-order chi connectivity index (χ0) is 16.6. The molecule has 0 atom stereocenters. The lowest BCUT2D eigenvalue weighted by Gasteiger charge is -2.19. The first-order valence-corrected chi connectivity index (χ1v) is 7.04. The van der Waals surface area contributed by atoms with Gasteiger partial charge in [0.15, 0.2) is 11.6 Å². The van der Waals surface area contributed by atoms with Crippen molar-refractivity contribution in [2.45, 2.75) is 0 Å². The minimum Gasteiger partial charge on any atom is -0.289 e. The SMILES string of the molecule is C=CCN(N)C(=O)c1ccc2c(c1)C(=O)c1ccccc1C2=O. The van der Waals surface area contributed by atoms with E-state index in [4.69, 9.17) is 5.84 Å². The zero-order valence-electron chi connectivity index (χ0n) is 12.3. The van der Waals surface area contributed by atoms with Gasteiger partial charge in [0, 0.05) is 27.8 Å². The van der Waals surface area contributed by atoms with E-state index >= 15 is 0 Å². The standard InChI is InChI=1S/C18H14N2O3/c1-2-9-20(19)18(23)11-7-8-14-15(10-11)17(22)13-6-4-3-5-12(13)16(14)21/h2-8,10H,1,9,19H2. The molecular weight excluding hydrogens is 292 g/mol. The van der Waals surface area contributed by atoms with Gasteiger partial charge in [0.1, 0.15) is 0 Å². The van der Waals surface area contributed by atoms with Crippen LogP contribution in [0.5, 0.6) is 0 Å². The van der Waals surface area contributed by atoms with Crippen molar-refractivity contribution in [3.05, 3.63) is 82.9 Å². The Labute approximate surface area is 133 Å².